The second-order valence-electron chi connectivity index (χ2n) is 4.38. The Bertz CT molecular complexity index is 464. The molecule has 0 rings (SSSR count). The van der Waals surface area contributed by atoms with Crippen molar-refractivity contribution >= 4 is 11.9 Å². The Kier molecular flexibility index (Phi) is 6.80. The number of nitrogens with one attached hydrogen (secondary N) is 2. The number of methoxy groups -OCH3 is 2. The van der Waals surface area contributed by atoms with Gasteiger partial charge in [0.25, 0.3) is 5.72 Å². The van der Waals surface area contributed by atoms with Crippen LogP contribution < -0.4 is 16.6 Å². The van der Waals surface area contributed by atoms with Crippen LogP contribution in [0, 0.1) is 0 Å². The molecule has 0 fully saturated rings. The predicted octanol–water partition coefficient (Wildman–Crippen LogP) is -0.701. The Morgan fingerprint density at radius 1 is 1.14 bits per heavy atom. The molecule has 0 bridgehead atoms. The lowest BCUT2D eigenvalue weighted by atomic mass is 9.99. The average Bonchev–Trinajstić information content (AvgIpc) is 2.43. The van der Waals surface area contributed by atoms with Crippen LogP contribution in [0.3, 0.4) is 0 Å². The van der Waals surface area contributed by atoms with Gasteiger partial charge in [-0.1, -0.05) is 0 Å². The summed E-state index contributed by atoms with van der Waals surface area (Å²) in [7, 11) is 1.67. The predicted molar refractivity (Wildman–Crippen MR) is 67.7 cm³/mol. The number of nitrogens with two attached hydrogens (primary N) is 1. The highest BCUT2D eigenvalue weighted by molar-refractivity contribution is 6.01. The van der Waals surface area contributed by atoms with Crippen molar-refractivity contribution in [3.8, 4) is 0 Å². The van der Waals surface area contributed by atoms with Gasteiger partial charge in [-0.05, 0) is 13.8 Å². The normalized spacial score (nSPS) is 15.7. The third-order valence-corrected chi connectivity index (χ3v) is 2.44. The van der Waals surface area contributed by atoms with Crippen LogP contribution in [0.5, 0.6) is 0 Å². The van der Waals surface area contributed by atoms with Crippen LogP contribution in [-0.2, 0) is 19.1 Å². The van der Waals surface area contributed by atoms with Crippen LogP contribution in [-0.4, -0.2) is 49.2 Å². The Balaban J connectivity index is 6.54. The summed E-state index contributed by atoms with van der Waals surface area (Å²) in [5, 5.41) is 12.1. The summed E-state index contributed by atoms with van der Waals surface area (Å²) in [4.78, 5) is 23.4. The summed E-state index contributed by atoms with van der Waals surface area (Å²) in [5.41, 5.74) is -5.33. The number of hydrazine groups is 1. The van der Waals surface area contributed by atoms with Crippen LogP contribution in [0.15, 0.2) is 11.3 Å². The standard InChI is InChI=1S/C11H18F3N3O5/c1-5(2)16-7(9(19)22-4)6(8(18)21-3)10(20,17-15)11(12,13)14/h5,16-17,20H,15H2,1-4H3/b7-6+. The molecule has 0 saturated heterocycles. The van der Waals surface area contributed by atoms with Crippen LogP contribution in [0.1, 0.15) is 13.8 Å². The van der Waals surface area contributed by atoms with Gasteiger partial charge in [0.2, 0.25) is 0 Å². The van der Waals surface area contributed by atoms with Crippen LogP contribution in [0.4, 0.5) is 13.2 Å². The first kappa shape index (κ1) is 20.1. The van der Waals surface area contributed by atoms with Crippen molar-refractivity contribution in [2.45, 2.75) is 31.8 Å². The first-order valence-corrected chi connectivity index (χ1v) is 5.91. The molecule has 0 aliphatic heterocycles. The van der Waals surface area contributed by atoms with E-state index in [-0.39, 0.29) is 0 Å². The highest BCUT2D eigenvalue weighted by Crippen LogP contribution is 2.35. The monoisotopic (exact) mass is 329 g/mol. The molecule has 0 aromatic rings. The van der Waals surface area contributed by atoms with E-state index in [9.17, 15) is 27.9 Å². The molecule has 5 N–H and O–H groups in total. The summed E-state index contributed by atoms with van der Waals surface area (Å²) >= 11 is 0. The molecule has 0 aromatic carbocycles. The molecular formula is C11H18F3N3O5. The second kappa shape index (κ2) is 7.42. The molecule has 1 atom stereocenters. The molecule has 0 aliphatic rings. The van der Waals surface area contributed by atoms with Crippen LogP contribution >= 0.6 is 0 Å². The van der Waals surface area contributed by atoms with E-state index in [1.807, 2.05) is 0 Å². The number of ether oxygens (including phenoxy) is 2. The second-order valence-corrected chi connectivity index (χ2v) is 4.38. The van der Waals surface area contributed by atoms with Crippen molar-refractivity contribution in [1.29, 1.82) is 0 Å². The number of rotatable bonds is 6. The number of carbonyl (C=O) groups excluding carboxylic acids is 2. The van der Waals surface area contributed by atoms with E-state index < -0.39 is 41.2 Å². The van der Waals surface area contributed by atoms with E-state index >= 15 is 0 Å². The molecule has 0 amide bonds. The minimum absolute atomic E-state index is 0.566. The maximum atomic E-state index is 13.1. The summed E-state index contributed by atoms with van der Waals surface area (Å²) in [5.74, 6) is 1.82. The van der Waals surface area contributed by atoms with Crippen LogP contribution in [0.25, 0.3) is 0 Å². The van der Waals surface area contributed by atoms with E-state index in [4.69, 9.17) is 5.84 Å². The Hall–Kier alpha value is -1.85. The first-order valence-electron chi connectivity index (χ1n) is 5.91. The Labute approximate surface area is 124 Å². The zero-order valence-corrected chi connectivity index (χ0v) is 12.4. The number of esters is 2. The van der Waals surface area contributed by atoms with Crippen molar-refractivity contribution in [1.82, 2.24) is 10.7 Å². The highest BCUT2D eigenvalue weighted by atomic mass is 19.4. The van der Waals surface area contributed by atoms with Crippen LogP contribution in [0.2, 0.25) is 0 Å². The molecule has 0 heterocycles. The summed E-state index contributed by atoms with van der Waals surface area (Å²) in [6, 6.07) is -0.566. The molecule has 0 spiro atoms. The lowest BCUT2D eigenvalue weighted by molar-refractivity contribution is -0.257. The van der Waals surface area contributed by atoms with Gasteiger partial charge in [-0.25, -0.2) is 15.0 Å². The van der Waals surface area contributed by atoms with Gasteiger partial charge < -0.3 is 19.9 Å². The number of carbonyl (C=O) groups is 2. The van der Waals surface area contributed by atoms with Gasteiger partial charge in [0.1, 0.15) is 11.3 Å². The molecule has 1 unspecified atom stereocenters. The molecule has 8 nitrogen and oxygen atoms in total. The smallest absolute Gasteiger partial charge is 0.437 e. The van der Waals surface area contributed by atoms with Gasteiger partial charge in [0.15, 0.2) is 0 Å². The van der Waals surface area contributed by atoms with Gasteiger partial charge in [-0.3, -0.25) is 5.84 Å². The van der Waals surface area contributed by atoms with Crippen molar-refractivity contribution in [2.24, 2.45) is 5.84 Å². The number of hydrogen-bond donors (Lipinski definition) is 4. The maximum Gasteiger partial charge on any atom is 0.437 e. The third-order valence-electron chi connectivity index (χ3n) is 2.44. The highest BCUT2D eigenvalue weighted by Gasteiger charge is 2.60. The lowest BCUT2D eigenvalue weighted by Crippen LogP contribution is -2.63. The van der Waals surface area contributed by atoms with E-state index in [1.54, 1.807) is 0 Å². The summed E-state index contributed by atoms with van der Waals surface area (Å²) in [6.45, 7) is 2.97. The number of aliphatic hydroxyl groups is 1. The fourth-order valence-corrected chi connectivity index (χ4v) is 1.45. The minimum Gasteiger partial charge on any atom is -0.465 e. The Morgan fingerprint density at radius 2 is 1.59 bits per heavy atom. The molecule has 0 saturated carbocycles. The molecule has 11 heteroatoms. The number of halogens is 3. The zero-order valence-electron chi connectivity index (χ0n) is 12.4. The molecule has 0 aromatic heterocycles. The molecule has 0 aliphatic carbocycles. The fraction of sp³-hybridized carbons (Fsp3) is 0.636. The lowest BCUT2D eigenvalue weighted by Gasteiger charge is -2.32. The molecular weight excluding hydrogens is 311 g/mol. The quantitative estimate of drug-likeness (QED) is 0.166. The number of hydrogen-bond acceptors (Lipinski definition) is 8. The summed E-state index contributed by atoms with van der Waals surface area (Å²) in [6.07, 6.45) is -5.43. The Morgan fingerprint density at radius 3 is 1.86 bits per heavy atom. The van der Waals surface area contributed by atoms with Gasteiger partial charge in [-0.15, -0.1) is 0 Å². The van der Waals surface area contributed by atoms with E-state index in [0.717, 1.165) is 19.6 Å². The molecule has 128 valence electrons. The van der Waals surface area contributed by atoms with Crippen molar-refractivity contribution < 1.29 is 37.3 Å². The largest absolute Gasteiger partial charge is 0.465 e. The topological polar surface area (TPSA) is 123 Å². The van der Waals surface area contributed by atoms with E-state index in [1.165, 1.54) is 13.8 Å². The van der Waals surface area contributed by atoms with Gasteiger partial charge in [0.05, 0.1) is 14.2 Å². The first-order chi connectivity index (χ1) is 9.96. The van der Waals surface area contributed by atoms with E-state index in [0.29, 0.717) is 0 Å². The zero-order chi connectivity index (χ0) is 17.7. The van der Waals surface area contributed by atoms with Gasteiger partial charge in [-0.2, -0.15) is 13.2 Å². The number of alkyl halides is 3. The third kappa shape index (κ3) is 4.08. The average molecular weight is 329 g/mol. The van der Waals surface area contributed by atoms with Crippen molar-refractivity contribution in [3.63, 3.8) is 0 Å². The molecule has 0 radical (unpaired) electrons. The van der Waals surface area contributed by atoms with Gasteiger partial charge in [0, 0.05) is 6.04 Å². The SMILES string of the molecule is COC(=O)/C(NC(C)C)=C(/C(=O)OC)C(O)(NN)C(F)(F)F. The minimum atomic E-state index is -5.43. The van der Waals surface area contributed by atoms with Crippen molar-refractivity contribution in [3.05, 3.63) is 11.3 Å². The van der Waals surface area contributed by atoms with Crippen molar-refractivity contribution in [2.75, 3.05) is 14.2 Å². The fourth-order valence-electron chi connectivity index (χ4n) is 1.45. The maximum absolute atomic E-state index is 13.1. The molecule has 22 heavy (non-hydrogen) atoms. The van der Waals surface area contributed by atoms with Gasteiger partial charge >= 0.3 is 18.1 Å². The summed E-state index contributed by atoms with van der Waals surface area (Å²) < 4.78 is 47.8. The van der Waals surface area contributed by atoms with E-state index in [2.05, 4.69) is 14.8 Å².